The number of aryl methyl sites for hydroxylation is 2. The van der Waals surface area contributed by atoms with Crippen molar-refractivity contribution in [3.05, 3.63) is 136 Å². The SMILES string of the molecule is C.C=C.Cc1cc(C(=O)O)ccc1-c1cnc(C)c(C2C=CC(C(F)(F)F)=CC([C@@H]3CCC4[C@@H](c5cc(C(F)(F)F)cc(C(F)(F)F)c5)COC(=O)N43)=C2)c1. The number of hydrogen-bond donors (Lipinski definition) is 1. The summed E-state index contributed by atoms with van der Waals surface area (Å²) >= 11 is 0. The van der Waals surface area contributed by atoms with E-state index in [4.69, 9.17) is 4.74 Å². The number of hydrogen-bond acceptors (Lipinski definition) is 4. The van der Waals surface area contributed by atoms with Crippen LogP contribution in [-0.2, 0) is 17.1 Å². The number of carbonyl (C=O) groups is 2. The monoisotopic (exact) mass is 780 g/mol. The lowest BCUT2D eigenvalue weighted by Gasteiger charge is -2.39. The van der Waals surface area contributed by atoms with Crippen LogP contribution in [0.25, 0.3) is 11.1 Å². The Labute approximate surface area is 311 Å². The number of aromatic nitrogens is 1. The largest absolute Gasteiger partial charge is 0.478 e. The highest BCUT2D eigenvalue weighted by Gasteiger charge is 2.49. The molecule has 15 heteroatoms. The van der Waals surface area contributed by atoms with Crippen molar-refractivity contribution < 1.29 is 58.9 Å². The molecule has 6 nitrogen and oxygen atoms in total. The van der Waals surface area contributed by atoms with Crippen LogP contribution in [0.3, 0.4) is 0 Å². The predicted molar refractivity (Wildman–Crippen MR) is 187 cm³/mol. The van der Waals surface area contributed by atoms with Crippen molar-refractivity contribution in [1.29, 1.82) is 0 Å². The van der Waals surface area contributed by atoms with E-state index in [-0.39, 0.29) is 43.0 Å². The number of benzene rings is 2. The van der Waals surface area contributed by atoms with Gasteiger partial charge in [-0.15, -0.1) is 13.2 Å². The molecule has 0 bridgehead atoms. The van der Waals surface area contributed by atoms with E-state index < -0.39 is 77.8 Å². The number of carboxylic acid groups (broad SMARTS) is 1. The van der Waals surface area contributed by atoms with Crippen molar-refractivity contribution in [3.8, 4) is 11.1 Å². The zero-order chi connectivity index (χ0) is 39.9. The number of nitrogens with zero attached hydrogens (tertiary/aromatic N) is 2. The molecule has 1 N–H and O–H groups in total. The minimum Gasteiger partial charge on any atom is -0.478 e. The average Bonchev–Trinajstić information content (AvgIpc) is 3.42. The summed E-state index contributed by atoms with van der Waals surface area (Å²) in [6.45, 7) is 8.84. The lowest BCUT2D eigenvalue weighted by molar-refractivity contribution is -0.143. The summed E-state index contributed by atoms with van der Waals surface area (Å²) in [6.07, 6.45) is -9.71. The highest BCUT2D eigenvalue weighted by Crippen LogP contribution is 2.46. The van der Waals surface area contributed by atoms with E-state index in [1.54, 1.807) is 32.2 Å². The van der Waals surface area contributed by atoms with Crippen molar-refractivity contribution in [3.63, 3.8) is 0 Å². The van der Waals surface area contributed by atoms with Gasteiger partial charge in [0.2, 0.25) is 0 Å². The summed E-state index contributed by atoms with van der Waals surface area (Å²) in [5.41, 5.74) is -1.57. The molecule has 2 fully saturated rings. The van der Waals surface area contributed by atoms with E-state index in [9.17, 15) is 54.2 Å². The van der Waals surface area contributed by atoms with Gasteiger partial charge in [-0.3, -0.25) is 9.88 Å². The summed E-state index contributed by atoms with van der Waals surface area (Å²) in [4.78, 5) is 30.3. The van der Waals surface area contributed by atoms with Gasteiger partial charge in [-0.25, -0.2) is 9.59 Å². The Hall–Kier alpha value is -5.34. The fourth-order valence-electron chi connectivity index (χ4n) is 7.16. The first-order chi connectivity index (χ1) is 25.2. The highest BCUT2D eigenvalue weighted by molar-refractivity contribution is 5.89. The molecule has 0 spiro atoms. The summed E-state index contributed by atoms with van der Waals surface area (Å²) in [6, 6.07) is 5.34. The number of fused-ring (bicyclic) bond motifs is 1. The molecule has 0 radical (unpaired) electrons. The van der Waals surface area contributed by atoms with Crippen molar-refractivity contribution in [2.24, 2.45) is 0 Å². The van der Waals surface area contributed by atoms with Crippen LogP contribution >= 0.6 is 0 Å². The maximum absolute atomic E-state index is 14.3. The minimum atomic E-state index is -5.11. The fraction of sp³-hybridized carbons (Fsp3) is 0.325. The average molecular weight is 781 g/mol. The normalized spacial score (nSPS) is 21.2. The molecule has 6 rings (SSSR count). The summed E-state index contributed by atoms with van der Waals surface area (Å²) in [5, 5.41) is 9.36. The Bertz CT molecular complexity index is 2010. The summed E-state index contributed by atoms with van der Waals surface area (Å²) < 4.78 is 130. The molecule has 3 aromatic rings. The molecule has 3 heterocycles. The second kappa shape index (κ2) is 15.8. The van der Waals surface area contributed by atoms with Gasteiger partial charge in [-0.1, -0.05) is 31.7 Å². The van der Waals surface area contributed by atoms with Crippen molar-refractivity contribution in [1.82, 2.24) is 9.88 Å². The second-order valence-electron chi connectivity index (χ2n) is 13.0. The topological polar surface area (TPSA) is 79.7 Å². The van der Waals surface area contributed by atoms with Crippen LogP contribution in [-0.4, -0.2) is 51.9 Å². The van der Waals surface area contributed by atoms with Crippen LogP contribution in [0.1, 0.15) is 76.0 Å². The van der Waals surface area contributed by atoms with E-state index in [1.807, 2.05) is 0 Å². The standard InChI is InChI=1S/C37H29F9N2O4.C2H4.CH4/c1-18-9-21(33(49)50)4-6-28(18)24-14-29(19(2)47-16-24)20-3-5-25(35(38,39)40)13-23(10-20)31-7-8-32-30(17-52-34(51)48(31)32)22-11-26(36(41,42)43)15-27(12-22)37(44,45)46;1-2;/h3-6,9-16,20,30-32H,7-8,17H2,1-2H3,(H,49,50);1-2H2;1H4/t20?,30-,31+,32?;;/m1../s1. The zero-order valence-corrected chi connectivity index (χ0v) is 28.7. The molecular formula is C40H37F9N2O4. The molecule has 2 aliphatic heterocycles. The number of cyclic esters (lactones) is 1. The molecular weight excluding hydrogens is 743 g/mol. The Balaban J connectivity index is 0.00000221. The number of rotatable bonds is 5. The number of pyridine rings is 1. The molecule has 3 aliphatic rings. The van der Waals surface area contributed by atoms with Gasteiger partial charge < -0.3 is 9.84 Å². The van der Waals surface area contributed by atoms with Gasteiger partial charge in [0.05, 0.1) is 28.3 Å². The van der Waals surface area contributed by atoms with Gasteiger partial charge in [0.25, 0.3) is 0 Å². The molecule has 55 heavy (non-hydrogen) atoms. The van der Waals surface area contributed by atoms with Crippen LogP contribution < -0.4 is 0 Å². The zero-order valence-electron chi connectivity index (χ0n) is 28.7. The quantitative estimate of drug-likeness (QED) is 0.206. The van der Waals surface area contributed by atoms with Crippen molar-refractivity contribution in [2.75, 3.05) is 6.61 Å². The molecule has 1 amide bonds. The van der Waals surface area contributed by atoms with Crippen LogP contribution in [0.15, 0.2) is 97.3 Å². The van der Waals surface area contributed by atoms with E-state index >= 15 is 0 Å². The Morgan fingerprint density at radius 3 is 2.11 bits per heavy atom. The van der Waals surface area contributed by atoms with Crippen molar-refractivity contribution in [2.45, 2.75) is 76.6 Å². The second-order valence-corrected chi connectivity index (χ2v) is 13.0. The number of ether oxygens (including phenoxy) is 1. The summed E-state index contributed by atoms with van der Waals surface area (Å²) in [5.74, 6) is -3.09. The van der Waals surface area contributed by atoms with E-state index in [0.717, 1.165) is 17.1 Å². The third-order valence-electron chi connectivity index (χ3n) is 9.69. The number of halogens is 9. The van der Waals surface area contributed by atoms with E-state index in [2.05, 4.69) is 18.1 Å². The molecule has 1 aliphatic carbocycles. The Morgan fingerprint density at radius 1 is 0.909 bits per heavy atom. The smallest absolute Gasteiger partial charge is 0.416 e. The maximum atomic E-state index is 14.3. The van der Waals surface area contributed by atoms with E-state index in [0.29, 0.717) is 40.1 Å². The molecule has 1 aromatic heterocycles. The fourth-order valence-corrected chi connectivity index (χ4v) is 7.16. The number of carboxylic acids is 1. The van der Waals surface area contributed by atoms with Gasteiger partial charge >= 0.3 is 30.6 Å². The highest BCUT2D eigenvalue weighted by atomic mass is 19.4. The number of carbonyl (C=O) groups excluding carboxylic acids is 1. The van der Waals surface area contributed by atoms with Crippen LogP contribution in [0.2, 0.25) is 0 Å². The third kappa shape index (κ3) is 8.81. The molecule has 294 valence electrons. The molecule has 2 aromatic carbocycles. The predicted octanol–water partition coefficient (Wildman–Crippen LogP) is 11.4. The number of amides is 1. The Kier molecular flexibility index (Phi) is 12.2. The van der Waals surface area contributed by atoms with Crippen LogP contribution in [0.5, 0.6) is 0 Å². The number of alkyl halides is 9. The number of allylic oxidation sites excluding steroid dienone is 4. The van der Waals surface area contributed by atoms with Gasteiger partial charge in [-0.2, -0.15) is 39.5 Å². The van der Waals surface area contributed by atoms with Gasteiger partial charge in [0.1, 0.15) is 6.61 Å². The van der Waals surface area contributed by atoms with Gasteiger partial charge in [0, 0.05) is 35.3 Å². The maximum Gasteiger partial charge on any atom is 0.416 e. The first-order valence-corrected chi connectivity index (χ1v) is 16.5. The first-order valence-electron chi connectivity index (χ1n) is 16.5. The lowest BCUT2D eigenvalue weighted by Crippen LogP contribution is -2.50. The summed E-state index contributed by atoms with van der Waals surface area (Å²) in [7, 11) is 0. The van der Waals surface area contributed by atoms with Gasteiger partial charge in [-0.05, 0) is 97.0 Å². The first kappa shape index (κ1) is 42.4. The molecule has 2 unspecified atom stereocenters. The molecule has 4 atom stereocenters. The minimum absolute atomic E-state index is 0. The lowest BCUT2D eigenvalue weighted by atomic mass is 9.87. The third-order valence-corrected chi connectivity index (χ3v) is 9.69. The molecule has 2 saturated heterocycles. The Morgan fingerprint density at radius 2 is 1.55 bits per heavy atom. The molecule has 0 saturated carbocycles. The van der Waals surface area contributed by atoms with E-state index in [1.165, 1.54) is 24.3 Å². The van der Waals surface area contributed by atoms with Crippen LogP contribution in [0.4, 0.5) is 44.3 Å². The van der Waals surface area contributed by atoms with Crippen molar-refractivity contribution >= 4 is 12.1 Å². The number of aromatic carboxylic acids is 1. The van der Waals surface area contributed by atoms with Gasteiger partial charge in [0.15, 0.2) is 0 Å². The van der Waals surface area contributed by atoms with Crippen LogP contribution in [0, 0.1) is 13.8 Å².